The first-order valence-corrected chi connectivity index (χ1v) is 10.2. The fourth-order valence-corrected chi connectivity index (χ4v) is 3.45. The van der Waals surface area contributed by atoms with Gasteiger partial charge in [0.25, 0.3) is 11.8 Å². The van der Waals surface area contributed by atoms with Crippen LogP contribution in [0.15, 0.2) is 28.8 Å². The quantitative estimate of drug-likeness (QED) is 0.708. The molecule has 0 N–H and O–H groups in total. The van der Waals surface area contributed by atoms with E-state index in [9.17, 15) is 18.0 Å². The molecule has 0 saturated heterocycles. The summed E-state index contributed by atoms with van der Waals surface area (Å²) in [6.07, 6.45) is 1.09. The molecule has 9 heteroatoms. The van der Waals surface area contributed by atoms with E-state index in [1.54, 1.807) is 24.3 Å². The van der Waals surface area contributed by atoms with E-state index in [1.807, 2.05) is 13.8 Å². The van der Waals surface area contributed by atoms with Gasteiger partial charge in [-0.3, -0.25) is 14.5 Å². The topological polar surface area (TPSA) is 110 Å². The lowest BCUT2D eigenvalue weighted by Gasteiger charge is -2.22. The van der Waals surface area contributed by atoms with Gasteiger partial charge in [0.05, 0.1) is 16.9 Å². The molecule has 0 aliphatic carbocycles. The molecule has 1 aliphatic heterocycles. The van der Waals surface area contributed by atoms with Crippen molar-refractivity contribution in [2.75, 3.05) is 12.0 Å². The van der Waals surface area contributed by atoms with E-state index in [0.29, 0.717) is 5.82 Å². The lowest BCUT2D eigenvalue weighted by atomic mass is 10.1. The molecule has 2 amide bonds. The molecule has 2 aromatic rings. The Bertz CT molecular complexity index is 929. The lowest BCUT2D eigenvalue weighted by molar-refractivity contribution is 0.0547. The maximum absolute atomic E-state index is 12.8. The molecule has 1 aromatic carbocycles. The van der Waals surface area contributed by atoms with Crippen molar-refractivity contribution in [3.8, 4) is 0 Å². The second kappa shape index (κ2) is 6.64. The summed E-state index contributed by atoms with van der Waals surface area (Å²) in [6, 6.07) is 5.54. The SMILES string of the molecule is CC(C)c1noc([C@H](CCS(C)(=O)=O)N2C(=O)c3ccccc3C2=O)n1. The Hall–Kier alpha value is -2.55. The summed E-state index contributed by atoms with van der Waals surface area (Å²) < 4.78 is 28.5. The number of hydrogen-bond donors (Lipinski definition) is 0. The molecule has 0 spiro atoms. The summed E-state index contributed by atoms with van der Waals surface area (Å²) >= 11 is 0. The minimum atomic E-state index is -3.31. The number of imide groups is 1. The summed E-state index contributed by atoms with van der Waals surface area (Å²) in [5, 5.41) is 3.87. The highest BCUT2D eigenvalue weighted by atomic mass is 32.2. The number of nitrogens with zero attached hydrogens (tertiary/aromatic N) is 3. The second-order valence-corrected chi connectivity index (χ2v) is 8.87. The molecule has 1 aromatic heterocycles. The first kappa shape index (κ1) is 18.2. The van der Waals surface area contributed by atoms with Crippen LogP contribution in [0.2, 0.25) is 0 Å². The van der Waals surface area contributed by atoms with Gasteiger partial charge in [-0.2, -0.15) is 4.98 Å². The highest BCUT2D eigenvalue weighted by Gasteiger charge is 2.42. The maximum atomic E-state index is 12.8. The first-order valence-electron chi connectivity index (χ1n) is 8.17. The van der Waals surface area contributed by atoms with Gasteiger partial charge in [-0.15, -0.1) is 0 Å². The van der Waals surface area contributed by atoms with Gasteiger partial charge in [0.2, 0.25) is 5.89 Å². The summed E-state index contributed by atoms with van der Waals surface area (Å²) in [5.41, 5.74) is 0.566. The van der Waals surface area contributed by atoms with E-state index in [-0.39, 0.29) is 35.1 Å². The van der Waals surface area contributed by atoms with E-state index in [4.69, 9.17) is 4.52 Å². The number of carbonyl (C=O) groups excluding carboxylic acids is 2. The third-order valence-corrected chi connectivity index (χ3v) is 5.14. The van der Waals surface area contributed by atoms with Gasteiger partial charge >= 0.3 is 0 Å². The van der Waals surface area contributed by atoms with E-state index >= 15 is 0 Å². The third kappa shape index (κ3) is 3.39. The van der Waals surface area contributed by atoms with E-state index < -0.39 is 27.7 Å². The van der Waals surface area contributed by atoms with Crippen molar-refractivity contribution < 1.29 is 22.5 Å². The molecule has 26 heavy (non-hydrogen) atoms. The number of amides is 2. The number of rotatable bonds is 6. The van der Waals surface area contributed by atoms with Crippen LogP contribution in [0.25, 0.3) is 0 Å². The van der Waals surface area contributed by atoms with Gasteiger partial charge < -0.3 is 4.52 Å². The van der Waals surface area contributed by atoms with Crippen molar-refractivity contribution in [1.82, 2.24) is 15.0 Å². The molecule has 0 radical (unpaired) electrons. The number of aromatic nitrogens is 2. The number of carbonyl (C=O) groups is 2. The Balaban J connectivity index is 2.00. The Morgan fingerprint density at radius 3 is 2.15 bits per heavy atom. The second-order valence-electron chi connectivity index (χ2n) is 6.61. The molecular formula is C17H19N3O5S. The van der Waals surface area contributed by atoms with Crippen LogP contribution in [0.4, 0.5) is 0 Å². The van der Waals surface area contributed by atoms with Gasteiger partial charge in [0, 0.05) is 12.2 Å². The van der Waals surface area contributed by atoms with Crippen molar-refractivity contribution in [2.24, 2.45) is 0 Å². The van der Waals surface area contributed by atoms with Crippen molar-refractivity contribution in [3.63, 3.8) is 0 Å². The summed E-state index contributed by atoms with van der Waals surface area (Å²) in [5.74, 6) is -0.718. The molecule has 0 fully saturated rings. The number of fused-ring (bicyclic) bond motifs is 1. The Morgan fingerprint density at radius 2 is 1.69 bits per heavy atom. The fraction of sp³-hybridized carbons (Fsp3) is 0.412. The fourth-order valence-electron chi connectivity index (χ4n) is 2.80. The van der Waals surface area contributed by atoms with Crippen LogP contribution in [-0.2, 0) is 9.84 Å². The first-order chi connectivity index (χ1) is 12.2. The molecule has 138 valence electrons. The Labute approximate surface area is 151 Å². The van der Waals surface area contributed by atoms with Crippen molar-refractivity contribution in [2.45, 2.75) is 32.2 Å². The van der Waals surface area contributed by atoms with E-state index in [1.165, 1.54) is 0 Å². The maximum Gasteiger partial charge on any atom is 0.262 e. The molecule has 1 aliphatic rings. The Kier molecular flexibility index (Phi) is 4.66. The predicted octanol–water partition coefficient (Wildman–Crippen LogP) is 1.97. The lowest BCUT2D eigenvalue weighted by Crippen LogP contribution is -2.35. The smallest absolute Gasteiger partial charge is 0.262 e. The standard InChI is InChI=1S/C17H19N3O5S/c1-10(2)14-18-15(25-19-14)13(8-9-26(3,23)24)20-16(21)11-6-4-5-7-12(11)17(20)22/h4-7,10,13H,8-9H2,1-3H3/t13-/m0/s1. The highest BCUT2D eigenvalue weighted by Crippen LogP contribution is 2.33. The van der Waals surface area contributed by atoms with Gasteiger partial charge in [0.15, 0.2) is 5.82 Å². The van der Waals surface area contributed by atoms with Crippen molar-refractivity contribution >= 4 is 21.7 Å². The van der Waals surface area contributed by atoms with Crippen molar-refractivity contribution in [3.05, 3.63) is 47.1 Å². The average molecular weight is 377 g/mol. The molecule has 0 unspecified atom stereocenters. The van der Waals surface area contributed by atoms with Crippen LogP contribution < -0.4 is 0 Å². The minimum absolute atomic E-state index is 0.00904. The van der Waals surface area contributed by atoms with Gasteiger partial charge in [0.1, 0.15) is 15.9 Å². The number of sulfone groups is 1. The third-order valence-electron chi connectivity index (χ3n) is 4.16. The average Bonchev–Trinajstić information content (AvgIpc) is 3.14. The van der Waals surface area contributed by atoms with Crippen LogP contribution in [0.3, 0.4) is 0 Å². The highest BCUT2D eigenvalue weighted by molar-refractivity contribution is 7.90. The molecule has 0 bridgehead atoms. The molecular weight excluding hydrogens is 358 g/mol. The van der Waals surface area contributed by atoms with Crippen molar-refractivity contribution in [1.29, 1.82) is 0 Å². The van der Waals surface area contributed by atoms with Gasteiger partial charge in [-0.25, -0.2) is 8.42 Å². The number of benzene rings is 1. The Morgan fingerprint density at radius 1 is 1.12 bits per heavy atom. The molecule has 8 nitrogen and oxygen atoms in total. The van der Waals surface area contributed by atoms with E-state index in [2.05, 4.69) is 10.1 Å². The summed E-state index contributed by atoms with van der Waals surface area (Å²) in [6.45, 7) is 3.75. The van der Waals surface area contributed by atoms with E-state index in [0.717, 1.165) is 11.2 Å². The zero-order chi connectivity index (χ0) is 19.1. The number of hydrogen-bond acceptors (Lipinski definition) is 7. The van der Waals surface area contributed by atoms with Gasteiger partial charge in [-0.1, -0.05) is 31.1 Å². The van der Waals surface area contributed by atoms with Crippen LogP contribution >= 0.6 is 0 Å². The summed E-state index contributed by atoms with van der Waals surface area (Å²) in [4.78, 5) is 30.8. The molecule has 2 heterocycles. The van der Waals surface area contributed by atoms with Crippen LogP contribution in [-0.4, -0.2) is 47.3 Å². The molecule has 1 atom stereocenters. The summed E-state index contributed by atoms with van der Waals surface area (Å²) in [7, 11) is -3.31. The predicted molar refractivity (Wildman–Crippen MR) is 92.4 cm³/mol. The van der Waals surface area contributed by atoms with Gasteiger partial charge in [-0.05, 0) is 18.6 Å². The molecule has 0 saturated carbocycles. The van der Waals surface area contributed by atoms with Crippen LogP contribution in [0.1, 0.15) is 64.7 Å². The normalized spacial score (nSPS) is 15.6. The zero-order valence-corrected chi connectivity index (χ0v) is 15.5. The largest absolute Gasteiger partial charge is 0.337 e. The monoisotopic (exact) mass is 377 g/mol. The van der Waals surface area contributed by atoms with Crippen LogP contribution in [0.5, 0.6) is 0 Å². The minimum Gasteiger partial charge on any atom is -0.337 e. The molecule has 3 rings (SSSR count). The van der Waals surface area contributed by atoms with Crippen LogP contribution in [0, 0.1) is 0 Å². The zero-order valence-electron chi connectivity index (χ0n) is 14.7.